The number of Topliss-reactive ketones (excluding diaryl/α,β-unsaturated/α-hetero) is 1. The lowest BCUT2D eigenvalue weighted by Gasteiger charge is -2.24. The van der Waals surface area contributed by atoms with E-state index in [4.69, 9.17) is 13.9 Å². The molecule has 0 saturated carbocycles. The first kappa shape index (κ1) is 22.2. The van der Waals surface area contributed by atoms with Crippen LogP contribution in [0.2, 0.25) is 0 Å². The van der Waals surface area contributed by atoms with Gasteiger partial charge in [0.2, 0.25) is 0 Å². The van der Waals surface area contributed by atoms with Gasteiger partial charge in [-0.05, 0) is 67.9 Å². The Kier molecular flexibility index (Phi) is 6.49. The van der Waals surface area contributed by atoms with Crippen molar-refractivity contribution in [2.45, 2.75) is 26.4 Å². The number of benzene rings is 2. The van der Waals surface area contributed by atoms with E-state index < -0.39 is 17.7 Å². The minimum absolute atomic E-state index is 0.0277. The zero-order chi connectivity index (χ0) is 23.4. The van der Waals surface area contributed by atoms with Gasteiger partial charge in [-0.1, -0.05) is 12.1 Å². The molecule has 2 aromatic carbocycles. The molecule has 1 fully saturated rings. The van der Waals surface area contributed by atoms with Crippen molar-refractivity contribution in [2.24, 2.45) is 0 Å². The Labute approximate surface area is 191 Å². The Bertz CT molecular complexity index is 1150. The molecule has 0 radical (unpaired) electrons. The number of hydrogen-bond acceptors (Lipinski definition) is 6. The van der Waals surface area contributed by atoms with Gasteiger partial charge in [0.25, 0.3) is 11.7 Å². The van der Waals surface area contributed by atoms with Gasteiger partial charge in [-0.25, -0.2) is 0 Å². The molecule has 33 heavy (non-hydrogen) atoms. The van der Waals surface area contributed by atoms with Gasteiger partial charge in [0.15, 0.2) is 0 Å². The van der Waals surface area contributed by atoms with Crippen molar-refractivity contribution < 1.29 is 28.6 Å². The number of ether oxygens (including phenoxy) is 2. The number of carbonyl (C=O) groups excluding carboxylic acids is 2. The normalized spacial score (nSPS) is 17.4. The quantitative estimate of drug-likeness (QED) is 0.306. The fourth-order valence-corrected chi connectivity index (χ4v) is 3.90. The molecule has 3 aromatic rings. The predicted octanol–water partition coefficient (Wildman–Crippen LogP) is 4.70. The molecule has 1 aliphatic rings. The molecule has 170 valence electrons. The Morgan fingerprint density at radius 3 is 2.09 bits per heavy atom. The van der Waals surface area contributed by atoms with Gasteiger partial charge < -0.3 is 23.9 Å². The molecule has 2 heterocycles. The number of aliphatic hydroxyl groups is 1. The molecule has 1 aromatic heterocycles. The van der Waals surface area contributed by atoms with Crippen molar-refractivity contribution in [1.82, 2.24) is 4.90 Å². The van der Waals surface area contributed by atoms with Crippen molar-refractivity contribution in [3.8, 4) is 11.5 Å². The second-order valence-electron chi connectivity index (χ2n) is 7.47. The summed E-state index contributed by atoms with van der Waals surface area (Å²) in [6, 6.07) is 16.6. The van der Waals surface area contributed by atoms with Gasteiger partial charge in [-0.2, -0.15) is 0 Å². The zero-order valence-electron chi connectivity index (χ0n) is 18.5. The number of aliphatic hydroxyl groups excluding tert-OH is 1. The number of hydrogen-bond donors (Lipinski definition) is 1. The van der Waals surface area contributed by atoms with Gasteiger partial charge in [0.1, 0.15) is 23.0 Å². The Hall–Kier alpha value is -4.00. The van der Waals surface area contributed by atoms with Crippen molar-refractivity contribution in [2.75, 3.05) is 13.2 Å². The largest absolute Gasteiger partial charge is 0.507 e. The highest BCUT2D eigenvalue weighted by atomic mass is 16.5. The van der Waals surface area contributed by atoms with Crippen LogP contribution in [0.3, 0.4) is 0 Å². The van der Waals surface area contributed by atoms with Crippen LogP contribution in [-0.2, 0) is 16.1 Å². The Morgan fingerprint density at radius 1 is 0.939 bits per heavy atom. The summed E-state index contributed by atoms with van der Waals surface area (Å²) in [7, 11) is 0. The van der Waals surface area contributed by atoms with E-state index in [0.29, 0.717) is 41.6 Å². The summed E-state index contributed by atoms with van der Waals surface area (Å²) in [6.45, 7) is 4.90. The first-order valence-electron chi connectivity index (χ1n) is 10.8. The van der Waals surface area contributed by atoms with Crippen molar-refractivity contribution in [3.63, 3.8) is 0 Å². The molecular formula is C26H25NO6. The second-order valence-corrected chi connectivity index (χ2v) is 7.47. The van der Waals surface area contributed by atoms with Gasteiger partial charge in [0.05, 0.1) is 37.6 Å². The maximum atomic E-state index is 13.1. The van der Waals surface area contributed by atoms with E-state index in [2.05, 4.69) is 0 Å². The van der Waals surface area contributed by atoms with Gasteiger partial charge in [-0.15, -0.1) is 0 Å². The fourth-order valence-electron chi connectivity index (χ4n) is 3.90. The van der Waals surface area contributed by atoms with Crippen LogP contribution in [0.1, 0.15) is 36.8 Å². The number of amides is 1. The highest BCUT2D eigenvalue weighted by Crippen LogP contribution is 2.40. The molecule has 1 aliphatic heterocycles. The van der Waals surface area contributed by atoms with Crippen molar-refractivity contribution in [3.05, 3.63) is 89.4 Å². The Morgan fingerprint density at radius 2 is 1.55 bits per heavy atom. The molecule has 0 aliphatic carbocycles. The highest BCUT2D eigenvalue weighted by Gasteiger charge is 2.46. The van der Waals surface area contributed by atoms with Crippen LogP contribution in [0.25, 0.3) is 5.76 Å². The molecular weight excluding hydrogens is 422 g/mol. The molecule has 1 unspecified atom stereocenters. The average Bonchev–Trinajstić information content (AvgIpc) is 3.43. The number of carbonyl (C=O) groups is 2. The number of nitrogens with zero attached hydrogens (tertiary/aromatic N) is 1. The zero-order valence-corrected chi connectivity index (χ0v) is 18.5. The van der Waals surface area contributed by atoms with Crippen LogP contribution >= 0.6 is 0 Å². The monoisotopic (exact) mass is 447 g/mol. The van der Waals surface area contributed by atoms with E-state index in [0.717, 1.165) is 0 Å². The lowest BCUT2D eigenvalue weighted by atomic mass is 9.95. The summed E-state index contributed by atoms with van der Waals surface area (Å²) < 4.78 is 16.4. The maximum Gasteiger partial charge on any atom is 0.296 e. The lowest BCUT2D eigenvalue weighted by molar-refractivity contribution is -0.140. The molecule has 7 nitrogen and oxygen atoms in total. The van der Waals surface area contributed by atoms with E-state index in [-0.39, 0.29) is 17.9 Å². The van der Waals surface area contributed by atoms with E-state index in [1.54, 1.807) is 60.7 Å². The second kappa shape index (κ2) is 9.65. The molecule has 0 bridgehead atoms. The smallest absolute Gasteiger partial charge is 0.296 e. The molecule has 1 N–H and O–H groups in total. The molecule has 1 amide bonds. The standard InChI is InChI=1S/C26H25NO6/c1-3-31-19-11-7-17(8-12-19)23-22(24(28)18-9-13-20(14-10-18)32-4-2)25(29)26(30)27(23)16-21-6-5-15-33-21/h5-15,23,28H,3-4,16H2,1-2H3/b24-22+. The third kappa shape index (κ3) is 4.48. The molecule has 1 saturated heterocycles. The fraction of sp³-hybridized carbons (Fsp3) is 0.231. The summed E-state index contributed by atoms with van der Waals surface area (Å²) in [5, 5.41) is 11.1. The van der Waals surface area contributed by atoms with Crippen LogP contribution in [0.5, 0.6) is 11.5 Å². The van der Waals surface area contributed by atoms with Crippen LogP contribution in [0, 0.1) is 0 Å². The average molecular weight is 447 g/mol. The maximum absolute atomic E-state index is 13.1. The lowest BCUT2D eigenvalue weighted by Crippen LogP contribution is -2.29. The summed E-state index contributed by atoms with van der Waals surface area (Å²) >= 11 is 0. The van der Waals surface area contributed by atoms with E-state index in [1.807, 2.05) is 13.8 Å². The summed E-state index contributed by atoms with van der Waals surface area (Å²) in [5.74, 6) is 0.182. The number of likely N-dealkylation sites (tertiary alicyclic amines) is 1. The first-order valence-corrected chi connectivity index (χ1v) is 10.8. The van der Waals surface area contributed by atoms with Crippen LogP contribution in [-0.4, -0.2) is 34.9 Å². The van der Waals surface area contributed by atoms with Crippen molar-refractivity contribution in [1.29, 1.82) is 0 Å². The highest BCUT2D eigenvalue weighted by molar-refractivity contribution is 6.46. The predicted molar refractivity (Wildman–Crippen MR) is 122 cm³/mol. The minimum Gasteiger partial charge on any atom is -0.507 e. The number of ketones is 1. The molecule has 0 spiro atoms. The van der Waals surface area contributed by atoms with Crippen LogP contribution in [0.4, 0.5) is 0 Å². The van der Waals surface area contributed by atoms with Gasteiger partial charge >= 0.3 is 0 Å². The van der Waals surface area contributed by atoms with E-state index in [9.17, 15) is 14.7 Å². The summed E-state index contributed by atoms with van der Waals surface area (Å²) in [5.41, 5.74) is 1.13. The SMILES string of the molecule is CCOc1ccc(/C(O)=C2\C(=O)C(=O)N(Cc3ccco3)C2c2ccc(OCC)cc2)cc1. The summed E-state index contributed by atoms with van der Waals surface area (Å²) in [6.07, 6.45) is 1.51. The Balaban J connectivity index is 1.79. The third-order valence-electron chi connectivity index (χ3n) is 5.39. The van der Waals surface area contributed by atoms with Crippen molar-refractivity contribution >= 4 is 17.4 Å². The third-order valence-corrected chi connectivity index (χ3v) is 5.39. The minimum atomic E-state index is -0.780. The molecule has 1 atom stereocenters. The van der Waals surface area contributed by atoms with Gasteiger partial charge in [-0.3, -0.25) is 9.59 Å². The number of furan rings is 1. The summed E-state index contributed by atoms with van der Waals surface area (Å²) in [4.78, 5) is 27.5. The molecule has 4 rings (SSSR count). The van der Waals surface area contributed by atoms with E-state index in [1.165, 1.54) is 11.2 Å². The van der Waals surface area contributed by atoms with E-state index >= 15 is 0 Å². The van der Waals surface area contributed by atoms with Crippen LogP contribution < -0.4 is 9.47 Å². The van der Waals surface area contributed by atoms with Crippen LogP contribution in [0.15, 0.2) is 76.9 Å². The van der Waals surface area contributed by atoms with Gasteiger partial charge in [0, 0.05) is 5.56 Å². The molecule has 7 heteroatoms. The number of rotatable bonds is 8. The topological polar surface area (TPSA) is 89.2 Å². The first-order chi connectivity index (χ1) is 16.0.